The molecule has 0 spiro atoms. The molecule has 2 aromatic rings. The number of rotatable bonds is 3. The molecular weight excluding hydrogens is 218 g/mol. The molecule has 0 amide bonds. The van der Waals surface area contributed by atoms with Crippen LogP contribution in [0, 0.1) is 13.8 Å². The molecule has 3 N–H and O–H groups in total. The molecule has 0 aliphatic heterocycles. The quantitative estimate of drug-likeness (QED) is 0.857. The van der Waals surface area contributed by atoms with Gasteiger partial charge in [0.2, 0.25) is 0 Å². The lowest BCUT2D eigenvalue weighted by atomic mass is 10.2. The van der Waals surface area contributed by atoms with Crippen molar-refractivity contribution in [3.8, 4) is 0 Å². The van der Waals surface area contributed by atoms with E-state index in [4.69, 9.17) is 5.73 Å². The normalized spacial score (nSPS) is 10.4. The summed E-state index contributed by atoms with van der Waals surface area (Å²) in [5.74, 6) is 0. The smallest absolute Gasteiger partial charge is 0.0607 e. The second kappa shape index (κ2) is 4.53. The molecule has 2 heterocycles. The predicted octanol–water partition coefficient (Wildman–Crippen LogP) is 2.95. The molecular formula is C12H15N3S. The van der Waals surface area contributed by atoms with E-state index in [1.165, 1.54) is 4.88 Å². The Morgan fingerprint density at radius 2 is 2.12 bits per heavy atom. The number of aryl methyl sites for hydroxylation is 2. The minimum atomic E-state index is 0.759. The Labute approximate surface area is 99.3 Å². The van der Waals surface area contributed by atoms with E-state index in [1.54, 1.807) is 11.3 Å². The van der Waals surface area contributed by atoms with Gasteiger partial charge in [-0.2, -0.15) is 0 Å². The fourth-order valence-electron chi connectivity index (χ4n) is 1.54. The Hall–Kier alpha value is -1.55. The maximum absolute atomic E-state index is 5.82. The van der Waals surface area contributed by atoms with Gasteiger partial charge in [-0.15, -0.1) is 11.3 Å². The van der Waals surface area contributed by atoms with Gasteiger partial charge >= 0.3 is 0 Å². The number of nitrogen functional groups attached to an aromatic ring is 1. The van der Waals surface area contributed by atoms with Gasteiger partial charge in [-0.25, -0.2) is 0 Å². The van der Waals surface area contributed by atoms with Crippen molar-refractivity contribution < 1.29 is 0 Å². The summed E-state index contributed by atoms with van der Waals surface area (Å²) in [6, 6.07) is 6.00. The first-order valence-electron chi connectivity index (χ1n) is 5.17. The molecule has 0 aliphatic carbocycles. The Balaban J connectivity index is 2.08. The second-order valence-electron chi connectivity index (χ2n) is 3.74. The molecule has 2 rings (SSSR count). The van der Waals surface area contributed by atoms with Crippen LogP contribution in [0.25, 0.3) is 0 Å². The average molecular weight is 233 g/mol. The molecule has 4 heteroatoms. The molecule has 3 nitrogen and oxygen atoms in total. The third-order valence-corrected chi connectivity index (χ3v) is 3.38. The van der Waals surface area contributed by atoms with Gasteiger partial charge in [0.1, 0.15) is 0 Å². The topological polar surface area (TPSA) is 50.9 Å². The summed E-state index contributed by atoms with van der Waals surface area (Å²) in [5.41, 5.74) is 9.81. The maximum Gasteiger partial charge on any atom is 0.0607 e. The van der Waals surface area contributed by atoms with Gasteiger partial charge in [0.05, 0.1) is 17.9 Å². The zero-order valence-corrected chi connectivity index (χ0v) is 10.3. The average Bonchev–Trinajstić information content (AvgIpc) is 2.63. The van der Waals surface area contributed by atoms with E-state index in [0.717, 1.165) is 29.3 Å². The van der Waals surface area contributed by atoms with Crippen LogP contribution < -0.4 is 11.1 Å². The number of hydrogen-bond donors (Lipinski definition) is 2. The van der Waals surface area contributed by atoms with Gasteiger partial charge in [0, 0.05) is 16.3 Å². The molecule has 84 valence electrons. The van der Waals surface area contributed by atoms with Crippen molar-refractivity contribution in [2.24, 2.45) is 0 Å². The number of nitrogens with zero attached hydrogens (tertiary/aromatic N) is 1. The van der Waals surface area contributed by atoms with Gasteiger partial charge in [-0.3, -0.25) is 4.98 Å². The van der Waals surface area contributed by atoms with Crippen LogP contribution in [-0.4, -0.2) is 4.98 Å². The van der Waals surface area contributed by atoms with Crippen LogP contribution in [-0.2, 0) is 6.54 Å². The van der Waals surface area contributed by atoms with Crippen LogP contribution in [0.15, 0.2) is 23.6 Å². The SMILES string of the molecule is Cc1ccc(NCc2sccc2N)c(C)n1. The van der Waals surface area contributed by atoms with E-state index in [0.29, 0.717) is 0 Å². The minimum Gasteiger partial charge on any atom is -0.398 e. The molecule has 0 bridgehead atoms. The first-order chi connectivity index (χ1) is 7.66. The molecule has 2 aromatic heterocycles. The monoisotopic (exact) mass is 233 g/mol. The Bertz CT molecular complexity index is 491. The lowest BCUT2D eigenvalue weighted by Gasteiger charge is -2.08. The van der Waals surface area contributed by atoms with Crippen LogP contribution in [0.4, 0.5) is 11.4 Å². The number of anilines is 2. The highest BCUT2D eigenvalue weighted by molar-refractivity contribution is 7.10. The molecule has 16 heavy (non-hydrogen) atoms. The largest absolute Gasteiger partial charge is 0.398 e. The third kappa shape index (κ3) is 2.33. The zero-order valence-electron chi connectivity index (χ0n) is 9.45. The minimum absolute atomic E-state index is 0.759. The van der Waals surface area contributed by atoms with Crippen molar-refractivity contribution >= 4 is 22.7 Å². The molecule has 0 saturated heterocycles. The van der Waals surface area contributed by atoms with Crippen molar-refractivity contribution in [3.63, 3.8) is 0 Å². The van der Waals surface area contributed by atoms with Crippen molar-refractivity contribution in [1.29, 1.82) is 0 Å². The summed E-state index contributed by atoms with van der Waals surface area (Å²) in [4.78, 5) is 5.57. The Morgan fingerprint density at radius 1 is 1.31 bits per heavy atom. The number of thiophene rings is 1. The van der Waals surface area contributed by atoms with Crippen LogP contribution in [0.2, 0.25) is 0 Å². The number of pyridine rings is 1. The fourth-order valence-corrected chi connectivity index (χ4v) is 2.28. The molecule has 0 radical (unpaired) electrons. The third-order valence-electron chi connectivity index (χ3n) is 2.44. The van der Waals surface area contributed by atoms with Crippen LogP contribution in [0.1, 0.15) is 16.3 Å². The van der Waals surface area contributed by atoms with E-state index in [-0.39, 0.29) is 0 Å². The lowest BCUT2D eigenvalue weighted by Crippen LogP contribution is -2.02. The van der Waals surface area contributed by atoms with E-state index in [1.807, 2.05) is 31.4 Å². The maximum atomic E-state index is 5.82. The van der Waals surface area contributed by atoms with Crippen LogP contribution in [0.3, 0.4) is 0 Å². The summed E-state index contributed by atoms with van der Waals surface area (Å²) in [6.07, 6.45) is 0. The summed E-state index contributed by atoms with van der Waals surface area (Å²) >= 11 is 1.67. The summed E-state index contributed by atoms with van der Waals surface area (Å²) < 4.78 is 0. The zero-order chi connectivity index (χ0) is 11.5. The van der Waals surface area contributed by atoms with Gasteiger partial charge in [0.25, 0.3) is 0 Å². The highest BCUT2D eigenvalue weighted by atomic mass is 32.1. The van der Waals surface area contributed by atoms with Crippen molar-refractivity contribution in [2.45, 2.75) is 20.4 Å². The van der Waals surface area contributed by atoms with Gasteiger partial charge < -0.3 is 11.1 Å². The predicted molar refractivity (Wildman–Crippen MR) is 69.8 cm³/mol. The number of nitrogens with one attached hydrogen (secondary N) is 1. The van der Waals surface area contributed by atoms with E-state index in [9.17, 15) is 0 Å². The molecule has 0 unspecified atom stereocenters. The van der Waals surface area contributed by atoms with Crippen molar-refractivity contribution in [3.05, 3.63) is 39.8 Å². The Kier molecular flexibility index (Phi) is 3.10. The van der Waals surface area contributed by atoms with Gasteiger partial charge in [-0.1, -0.05) is 0 Å². The molecule has 0 fully saturated rings. The molecule has 0 atom stereocenters. The summed E-state index contributed by atoms with van der Waals surface area (Å²) in [7, 11) is 0. The van der Waals surface area contributed by atoms with Gasteiger partial charge in [0.15, 0.2) is 0 Å². The van der Waals surface area contributed by atoms with Crippen LogP contribution >= 0.6 is 11.3 Å². The van der Waals surface area contributed by atoms with E-state index >= 15 is 0 Å². The fraction of sp³-hybridized carbons (Fsp3) is 0.250. The highest BCUT2D eigenvalue weighted by Gasteiger charge is 2.02. The number of aromatic nitrogens is 1. The second-order valence-corrected chi connectivity index (χ2v) is 4.74. The van der Waals surface area contributed by atoms with E-state index in [2.05, 4.69) is 16.4 Å². The van der Waals surface area contributed by atoms with Crippen molar-refractivity contribution in [2.75, 3.05) is 11.1 Å². The van der Waals surface area contributed by atoms with Gasteiger partial charge in [-0.05, 0) is 37.4 Å². The summed E-state index contributed by atoms with van der Waals surface area (Å²) in [5, 5.41) is 5.36. The first-order valence-corrected chi connectivity index (χ1v) is 6.05. The molecule has 0 aromatic carbocycles. The first kappa shape index (κ1) is 11.0. The molecule has 0 aliphatic rings. The van der Waals surface area contributed by atoms with E-state index < -0.39 is 0 Å². The Morgan fingerprint density at radius 3 is 2.75 bits per heavy atom. The lowest BCUT2D eigenvalue weighted by molar-refractivity contribution is 1.09. The van der Waals surface area contributed by atoms with Crippen LogP contribution in [0.5, 0.6) is 0 Å². The number of hydrogen-bond acceptors (Lipinski definition) is 4. The number of nitrogens with two attached hydrogens (primary N) is 1. The highest BCUT2D eigenvalue weighted by Crippen LogP contribution is 2.21. The standard InChI is InChI=1S/C12H15N3S/c1-8-3-4-11(9(2)15-8)14-7-12-10(13)5-6-16-12/h3-6,14H,7,13H2,1-2H3. The molecule has 0 saturated carbocycles. The van der Waals surface area contributed by atoms with Crippen molar-refractivity contribution in [1.82, 2.24) is 4.98 Å². The summed E-state index contributed by atoms with van der Waals surface area (Å²) in [6.45, 7) is 4.76.